The molecule has 4 unspecified atom stereocenters. The first-order valence-electron chi connectivity index (χ1n) is 8.72. The molecule has 0 spiro atoms. The van der Waals surface area contributed by atoms with E-state index in [9.17, 15) is 0 Å². The van der Waals surface area contributed by atoms with Gasteiger partial charge in [-0.2, -0.15) is 0 Å². The first-order valence-corrected chi connectivity index (χ1v) is 8.72. The second-order valence-corrected chi connectivity index (χ2v) is 6.99. The average Bonchev–Trinajstić information content (AvgIpc) is 2.49. The molecule has 4 atom stereocenters. The molecular formula is C17H34N2O. The molecular weight excluding hydrogens is 248 g/mol. The summed E-state index contributed by atoms with van der Waals surface area (Å²) in [6, 6.07) is 0.566. The Hall–Kier alpha value is -0.120. The van der Waals surface area contributed by atoms with Gasteiger partial charge in [-0.15, -0.1) is 0 Å². The fourth-order valence-electron chi connectivity index (χ4n) is 4.09. The second-order valence-electron chi connectivity index (χ2n) is 6.99. The van der Waals surface area contributed by atoms with E-state index >= 15 is 0 Å². The quantitative estimate of drug-likeness (QED) is 0.672. The summed E-state index contributed by atoms with van der Waals surface area (Å²) in [5.74, 6) is 3.06. The van der Waals surface area contributed by atoms with Gasteiger partial charge in [0.15, 0.2) is 0 Å². The van der Waals surface area contributed by atoms with Gasteiger partial charge in [0, 0.05) is 26.2 Å². The number of methoxy groups -OCH3 is 1. The van der Waals surface area contributed by atoms with Crippen LogP contribution in [0.4, 0.5) is 0 Å². The van der Waals surface area contributed by atoms with Crippen molar-refractivity contribution in [3.63, 3.8) is 0 Å². The van der Waals surface area contributed by atoms with Gasteiger partial charge < -0.3 is 15.4 Å². The highest BCUT2D eigenvalue weighted by molar-refractivity contribution is 4.84. The Balaban J connectivity index is 1.57. The predicted molar refractivity (Wildman–Crippen MR) is 85.0 cm³/mol. The smallest absolute Gasteiger partial charge is 0.0587 e. The molecule has 0 amide bonds. The zero-order valence-corrected chi connectivity index (χ0v) is 13.5. The van der Waals surface area contributed by atoms with Crippen LogP contribution in [0.1, 0.15) is 51.9 Å². The van der Waals surface area contributed by atoms with E-state index in [2.05, 4.69) is 17.6 Å². The number of fused-ring (bicyclic) bond motifs is 1. The molecule has 2 aliphatic carbocycles. The molecule has 2 aliphatic rings. The summed E-state index contributed by atoms with van der Waals surface area (Å²) in [7, 11) is 1.75. The van der Waals surface area contributed by atoms with Crippen LogP contribution in [-0.2, 0) is 4.74 Å². The van der Waals surface area contributed by atoms with E-state index in [1.807, 2.05) is 0 Å². The molecule has 0 radical (unpaired) electrons. The van der Waals surface area contributed by atoms with Crippen molar-refractivity contribution in [2.45, 2.75) is 57.9 Å². The van der Waals surface area contributed by atoms with Crippen LogP contribution in [0.25, 0.3) is 0 Å². The van der Waals surface area contributed by atoms with Crippen LogP contribution in [0, 0.1) is 17.8 Å². The van der Waals surface area contributed by atoms with Gasteiger partial charge in [-0.05, 0) is 50.5 Å². The van der Waals surface area contributed by atoms with Crippen LogP contribution < -0.4 is 10.6 Å². The van der Waals surface area contributed by atoms with Crippen LogP contribution in [0.3, 0.4) is 0 Å². The number of ether oxygens (including phenoxy) is 1. The van der Waals surface area contributed by atoms with E-state index in [1.165, 1.54) is 51.5 Å². The van der Waals surface area contributed by atoms with Crippen molar-refractivity contribution in [3.8, 4) is 0 Å². The standard InChI is InChI=1S/C17H34N2O/c1-14(12-18-9-10-20-2)19-13-15-7-8-16-5-3-4-6-17(16)11-15/h14-19H,3-13H2,1-2H3. The van der Waals surface area contributed by atoms with Gasteiger partial charge in [-0.1, -0.05) is 25.7 Å². The second kappa shape index (κ2) is 9.01. The van der Waals surface area contributed by atoms with Crippen molar-refractivity contribution in [1.82, 2.24) is 10.6 Å². The fourth-order valence-corrected chi connectivity index (χ4v) is 4.09. The first-order chi connectivity index (χ1) is 9.79. The summed E-state index contributed by atoms with van der Waals surface area (Å²) in [5, 5.41) is 7.15. The van der Waals surface area contributed by atoms with Gasteiger partial charge in [-0.25, -0.2) is 0 Å². The highest BCUT2D eigenvalue weighted by atomic mass is 16.5. The Bertz CT molecular complexity index is 259. The van der Waals surface area contributed by atoms with Crippen molar-refractivity contribution in [2.75, 3.05) is 33.4 Å². The molecule has 118 valence electrons. The molecule has 0 saturated heterocycles. The maximum atomic E-state index is 5.05. The van der Waals surface area contributed by atoms with E-state index in [4.69, 9.17) is 4.74 Å². The van der Waals surface area contributed by atoms with E-state index in [1.54, 1.807) is 7.11 Å². The Morgan fingerprint density at radius 3 is 2.70 bits per heavy atom. The third-order valence-electron chi connectivity index (χ3n) is 5.34. The van der Waals surface area contributed by atoms with Crippen molar-refractivity contribution in [2.24, 2.45) is 17.8 Å². The number of nitrogens with one attached hydrogen (secondary N) is 2. The molecule has 3 nitrogen and oxygen atoms in total. The lowest BCUT2D eigenvalue weighted by Gasteiger charge is -2.39. The van der Waals surface area contributed by atoms with E-state index in [0.29, 0.717) is 6.04 Å². The molecule has 0 aromatic carbocycles. The van der Waals surface area contributed by atoms with Crippen LogP contribution >= 0.6 is 0 Å². The number of hydrogen-bond donors (Lipinski definition) is 2. The molecule has 0 aromatic heterocycles. The molecule has 0 aliphatic heterocycles. The highest BCUT2D eigenvalue weighted by Gasteiger charge is 2.31. The third kappa shape index (κ3) is 5.34. The lowest BCUT2D eigenvalue weighted by atomic mass is 9.67. The van der Waals surface area contributed by atoms with Gasteiger partial charge in [0.1, 0.15) is 0 Å². The van der Waals surface area contributed by atoms with Gasteiger partial charge in [0.25, 0.3) is 0 Å². The van der Waals surface area contributed by atoms with Gasteiger partial charge in [0.05, 0.1) is 6.61 Å². The minimum atomic E-state index is 0.566. The van der Waals surface area contributed by atoms with Gasteiger partial charge >= 0.3 is 0 Å². The number of rotatable bonds is 8. The predicted octanol–water partition coefficient (Wildman–Crippen LogP) is 2.81. The fraction of sp³-hybridized carbons (Fsp3) is 1.00. The molecule has 0 aromatic rings. The number of hydrogen-bond acceptors (Lipinski definition) is 3. The SMILES string of the molecule is COCCNCC(C)NCC1CCC2CCCCC2C1. The normalized spacial score (nSPS) is 31.8. The Labute approximate surface area is 125 Å². The third-order valence-corrected chi connectivity index (χ3v) is 5.34. The lowest BCUT2D eigenvalue weighted by Crippen LogP contribution is -2.41. The first kappa shape index (κ1) is 16.3. The van der Waals surface area contributed by atoms with Gasteiger partial charge in [-0.3, -0.25) is 0 Å². The molecule has 2 saturated carbocycles. The summed E-state index contributed by atoms with van der Waals surface area (Å²) >= 11 is 0. The summed E-state index contributed by atoms with van der Waals surface area (Å²) in [5.41, 5.74) is 0. The van der Waals surface area contributed by atoms with Gasteiger partial charge in [0.2, 0.25) is 0 Å². The van der Waals surface area contributed by atoms with E-state index in [0.717, 1.165) is 37.5 Å². The lowest BCUT2D eigenvalue weighted by molar-refractivity contribution is 0.127. The molecule has 20 heavy (non-hydrogen) atoms. The molecule has 2 fully saturated rings. The van der Waals surface area contributed by atoms with Crippen molar-refractivity contribution >= 4 is 0 Å². The topological polar surface area (TPSA) is 33.3 Å². The van der Waals surface area contributed by atoms with Crippen molar-refractivity contribution in [3.05, 3.63) is 0 Å². The summed E-state index contributed by atoms with van der Waals surface area (Å²) in [4.78, 5) is 0. The molecule has 0 bridgehead atoms. The molecule has 3 heteroatoms. The Morgan fingerprint density at radius 1 is 1.10 bits per heavy atom. The summed E-state index contributed by atoms with van der Waals surface area (Å²) in [6.07, 6.45) is 10.5. The largest absolute Gasteiger partial charge is 0.383 e. The minimum Gasteiger partial charge on any atom is -0.383 e. The Kier molecular flexibility index (Phi) is 7.32. The van der Waals surface area contributed by atoms with Crippen LogP contribution in [0.5, 0.6) is 0 Å². The minimum absolute atomic E-state index is 0.566. The van der Waals surface area contributed by atoms with E-state index < -0.39 is 0 Å². The van der Waals surface area contributed by atoms with Crippen molar-refractivity contribution in [1.29, 1.82) is 0 Å². The molecule has 0 heterocycles. The van der Waals surface area contributed by atoms with E-state index in [-0.39, 0.29) is 0 Å². The highest BCUT2D eigenvalue weighted by Crippen LogP contribution is 2.42. The zero-order valence-electron chi connectivity index (χ0n) is 13.5. The van der Waals surface area contributed by atoms with Crippen LogP contribution in [-0.4, -0.2) is 39.4 Å². The molecule has 2 rings (SSSR count). The Morgan fingerprint density at radius 2 is 1.90 bits per heavy atom. The summed E-state index contributed by atoms with van der Waals surface area (Å²) in [6.45, 7) is 6.30. The maximum absolute atomic E-state index is 5.05. The zero-order chi connectivity index (χ0) is 14.2. The monoisotopic (exact) mass is 282 g/mol. The average molecular weight is 282 g/mol. The summed E-state index contributed by atoms with van der Waals surface area (Å²) < 4.78 is 5.05. The molecule has 2 N–H and O–H groups in total. The van der Waals surface area contributed by atoms with Crippen LogP contribution in [0.15, 0.2) is 0 Å². The van der Waals surface area contributed by atoms with Crippen molar-refractivity contribution < 1.29 is 4.74 Å². The van der Waals surface area contributed by atoms with Crippen LogP contribution in [0.2, 0.25) is 0 Å². The maximum Gasteiger partial charge on any atom is 0.0587 e.